The van der Waals surface area contributed by atoms with Crippen LogP contribution in [0.4, 0.5) is 4.39 Å². The van der Waals surface area contributed by atoms with Gasteiger partial charge >= 0.3 is 0 Å². The van der Waals surface area contributed by atoms with Crippen molar-refractivity contribution in [3.63, 3.8) is 0 Å². The van der Waals surface area contributed by atoms with Gasteiger partial charge in [-0.05, 0) is 23.6 Å². The highest BCUT2D eigenvalue weighted by Gasteiger charge is 2.16. The van der Waals surface area contributed by atoms with Gasteiger partial charge in [-0.25, -0.2) is 9.37 Å². The van der Waals surface area contributed by atoms with Gasteiger partial charge in [0.1, 0.15) is 11.5 Å². The number of aromatic nitrogens is 2. The Morgan fingerprint density at radius 3 is 2.56 bits per heavy atom. The molecular weight excluding hydrogens is 317 g/mol. The summed E-state index contributed by atoms with van der Waals surface area (Å²) >= 11 is 0. The monoisotopic (exact) mass is 337 g/mol. The van der Waals surface area contributed by atoms with Gasteiger partial charge in [-0.1, -0.05) is 39.0 Å². The van der Waals surface area contributed by atoms with E-state index in [1.165, 1.54) is 6.07 Å². The lowest BCUT2D eigenvalue weighted by Gasteiger charge is -2.18. The average molecular weight is 337 g/mol. The molecule has 0 saturated heterocycles. The highest BCUT2D eigenvalue weighted by Crippen LogP contribution is 2.28. The van der Waals surface area contributed by atoms with Crippen LogP contribution in [0.2, 0.25) is 0 Å². The molecule has 1 aromatic carbocycles. The Hall–Kier alpha value is -2.82. The smallest absolute Gasteiger partial charge is 0.269 e. The van der Waals surface area contributed by atoms with Crippen molar-refractivity contribution in [2.24, 2.45) is 5.41 Å². The number of benzene rings is 1. The van der Waals surface area contributed by atoms with E-state index in [1.807, 2.05) is 20.8 Å². The normalized spacial score (nSPS) is 11.5. The first-order chi connectivity index (χ1) is 11.8. The third-order valence-electron chi connectivity index (χ3n) is 3.77. The highest BCUT2D eigenvalue weighted by atomic mass is 19.1. The molecule has 0 unspecified atom stereocenters. The van der Waals surface area contributed by atoms with Crippen LogP contribution in [0.3, 0.4) is 0 Å². The molecule has 128 valence electrons. The summed E-state index contributed by atoms with van der Waals surface area (Å²) in [5, 5.41) is 3.64. The summed E-state index contributed by atoms with van der Waals surface area (Å²) in [5.41, 5.74) is 1.83. The minimum Gasteiger partial charge on any atom is -0.350 e. The lowest BCUT2D eigenvalue weighted by atomic mass is 9.97. The molecule has 3 rings (SSSR count). The van der Waals surface area contributed by atoms with Crippen molar-refractivity contribution in [2.45, 2.75) is 20.8 Å². The standard InChI is InChI=1S/C20H20FN3O/c1-20(2,3)12-23-19(25)17-9-8-13-10-22-11-15(18(13)24-17)14-6-4-5-7-16(14)21/h4-11H,12H2,1-3H3,(H,23,25). The minimum absolute atomic E-state index is 0.0191. The van der Waals surface area contributed by atoms with E-state index in [9.17, 15) is 9.18 Å². The van der Waals surface area contributed by atoms with Crippen LogP contribution < -0.4 is 5.32 Å². The summed E-state index contributed by atoms with van der Waals surface area (Å²) in [4.78, 5) is 21.0. The van der Waals surface area contributed by atoms with E-state index in [0.29, 0.717) is 28.9 Å². The molecule has 25 heavy (non-hydrogen) atoms. The molecule has 0 fully saturated rings. The molecule has 2 heterocycles. The van der Waals surface area contributed by atoms with E-state index in [-0.39, 0.29) is 17.1 Å². The second-order valence-electron chi connectivity index (χ2n) is 7.18. The van der Waals surface area contributed by atoms with Crippen LogP contribution in [-0.2, 0) is 0 Å². The van der Waals surface area contributed by atoms with Crippen LogP contribution in [0.15, 0.2) is 48.8 Å². The number of carbonyl (C=O) groups excluding carboxylic acids is 1. The Morgan fingerprint density at radius 2 is 1.84 bits per heavy atom. The molecule has 1 N–H and O–H groups in total. The quantitative estimate of drug-likeness (QED) is 0.779. The number of carbonyl (C=O) groups is 1. The molecule has 4 nitrogen and oxygen atoms in total. The van der Waals surface area contributed by atoms with Crippen molar-refractivity contribution >= 4 is 16.8 Å². The van der Waals surface area contributed by atoms with Crippen LogP contribution in [0.1, 0.15) is 31.3 Å². The average Bonchev–Trinajstić information content (AvgIpc) is 2.58. The van der Waals surface area contributed by atoms with Crippen molar-refractivity contribution in [3.8, 4) is 11.1 Å². The third kappa shape index (κ3) is 3.82. The maximum Gasteiger partial charge on any atom is 0.269 e. The summed E-state index contributed by atoms with van der Waals surface area (Å²) in [5.74, 6) is -0.589. The Kier molecular flexibility index (Phi) is 4.49. The van der Waals surface area contributed by atoms with Crippen molar-refractivity contribution in [1.29, 1.82) is 0 Å². The number of hydrogen-bond donors (Lipinski definition) is 1. The van der Waals surface area contributed by atoms with E-state index >= 15 is 0 Å². The van der Waals surface area contributed by atoms with Crippen molar-refractivity contribution in [2.75, 3.05) is 6.54 Å². The van der Waals surface area contributed by atoms with Gasteiger partial charge in [-0.3, -0.25) is 9.78 Å². The Labute approximate surface area is 146 Å². The fourth-order valence-electron chi connectivity index (χ4n) is 2.48. The molecule has 0 bridgehead atoms. The highest BCUT2D eigenvalue weighted by molar-refractivity contribution is 5.98. The van der Waals surface area contributed by atoms with E-state index in [0.717, 1.165) is 5.39 Å². The number of rotatable bonds is 3. The predicted octanol–water partition coefficient (Wildman–Crippen LogP) is 4.21. The van der Waals surface area contributed by atoms with Crippen LogP contribution in [0, 0.1) is 11.2 Å². The van der Waals surface area contributed by atoms with Gasteiger partial charge in [0.25, 0.3) is 5.91 Å². The number of nitrogens with one attached hydrogen (secondary N) is 1. The Morgan fingerprint density at radius 1 is 1.08 bits per heavy atom. The largest absolute Gasteiger partial charge is 0.350 e. The summed E-state index contributed by atoms with van der Waals surface area (Å²) in [6.07, 6.45) is 3.23. The molecule has 0 aliphatic heterocycles. The van der Waals surface area contributed by atoms with E-state index in [1.54, 1.807) is 42.7 Å². The second-order valence-corrected chi connectivity index (χ2v) is 7.18. The van der Waals surface area contributed by atoms with Crippen molar-refractivity contribution < 1.29 is 9.18 Å². The van der Waals surface area contributed by atoms with Gasteiger partial charge in [0.15, 0.2) is 0 Å². The van der Waals surface area contributed by atoms with Gasteiger partial charge in [0.05, 0.1) is 5.52 Å². The van der Waals surface area contributed by atoms with E-state index < -0.39 is 0 Å². The molecule has 2 aromatic heterocycles. The number of halogens is 1. The van der Waals surface area contributed by atoms with Crippen LogP contribution in [0.25, 0.3) is 22.0 Å². The molecule has 0 atom stereocenters. The molecule has 5 heteroatoms. The molecule has 0 aliphatic carbocycles. The lowest BCUT2D eigenvalue weighted by Crippen LogP contribution is -2.32. The first-order valence-electron chi connectivity index (χ1n) is 8.13. The fraction of sp³-hybridized carbons (Fsp3) is 0.250. The summed E-state index contributed by atoms with van der Waals surface area (Å²) in [7, 11) is 0. The third-order valence-corrected chi connectivity index (χ3v) is 3.77. The summed E-state index contributed by atoms with van der Waals surface area (Å²) in [6.45, 7) is 6.68. The van der Waals surface area contributed by atoms with E-state index in [2.05, 4.69) is 15.3 Å². The molecular formula is C20H20FN3O. The van der Waals surface area contributed by atoms with Crippen molar-refractivity contribution in [1.82, 2.24) is 15.3 Å². The topological polar surface area (TPSA) is 54.9 Å². The van der Waals surface area contributed by atoms with Gasteiger partial charge in [0.2, 0.25) is 0 Å². The zero-order chi connectivity index (χ0) is 18.0. The first-order valence-corrected chi connectivity index (χ1v) is 8.13. The molecule has 3 aromatic rings. The first kappa shape index (κ1) is 17.0. The van der Waals surface area contributed by atoms with Gasteiger partial charge in [-0.2, -0.15) is 0 Å². The number of nitrogens with zero attached hydrogens (tertiary/aromatic N) is 2. The van der Waals surface area contributed by atoms with Crippen molar-refractivity contribution in [3.05, 3.63) is 60.3 Å². The molecule has 0 aliphatic rings. The Bertz CT molecular complexity index is 932. The molecule has 1 amide bonds. The van der Waals surface area contributed by atoms with Gasteiger partial charge < -0.3 is 5.32 Å². The summed E-state index contributed by atoms with van der Waals surface area (Å²) < 4.78 is 14.2. The van der Waals surface area contributed by atoms with Crippen LogP contribution >= 0.6 is 0 Å². The number of amides is 1. The SMILES string of the molecule is CC(C)(C)CNC(=O)c1ccc2cncc(-c3ccccc3F)c2n1. The zero-order valence-electron chi connectivity index (χ0n) is 14.5. The molecule has 0 spiro atoms. The minimum atomic E-state index is -0.346. The molecule has 0 saturated carbocycles. The number of pyridine rings is 2. The maximum absolute atomic E-state index is 14.2. The predicted molar refractivity (Wildman–Crippen MR) is 96.7 cm³/mol. The Balaban J connectivity index is 2.04. The van der Waals surface area contributed by atoms with Crippen LogP contribution in [-0.4, -0.2) is 22.4 Å². The lowest BCUT2D eigenvalue weighted by molar-refractivity contribution is 0.0934. The fourth-order valence-corrected chi connectivity index (χ4v) is 2.48. The second kappa shape index (κ2) is 6.59. The summed E-state index contributed by atoms with van der Waals surface area (Å²) in [6, 6.07) is 9.92. The van der Waals surface area contributed by atoms with Crippen LogP contribution in [0.5, 0.6) is 0 Å². The van der Waals surface area contributed by atoms with Gasteiger partial charge in [-0.15, -0.1) is 0 Å². The van der Waals surface area contributed by atoms with Gasteiger partial charge in [0, 0.05) is 35.5 Å². The molecule has 0 radical (unpaired) electrons. The number of fused-ring (bicyclic) bond motifs is 1. The maximum atomic E-state index is 14.2. The number of hydrogen-bond acceptors (Lipinski definition) is 3. The zero-order valence-corrected chi connectivity index (χ0v) is 14.5. The van der Waals surface area contributed by atoms with E-state index in [4.69, 9.17) is 0 Å².